The highest BCUT2D eigenvalue weighted by atomic mass is 28.4. The molecule has 1 saturated heterocycles. The van der Waals surface area contributed by atoms with E-state index in [0.29, 0.717) is 0 Å². The summed E-state index contributed by atoms with van der Waals surface area (Å²) in [6, 6.07) is 31.3. The van der Waals surface area contributed by atoms with E-state index in [-0.39, 0.29) is 6.04 Å². The highest BCUT2D eigenvalue weighted by Crippen LogP contribution is 2.44. The van der Waals surface area contributed by atoms with Crippen molar-refractivity contribution in [3.63, 3.8) is 0 Å². The van der Waals surface area contributed by atoms with Crippen LogP contribution in [-0.2, 0) is 10.0 Å². The van der Waals surface area contributed by atoms with Crippen molar-refractivity contribution in [3.8, 4) is 0 Å². The maximum absolute atomic E-state index is 7.26. The Morgan fingerprint density at radius 1 is 0.742 bits per heavy atom. The van der Waals surface area contributed by atoms with Crippen LogP contribution in [0.5, 0.6) is 0 Å². The fourth-order valence-corrected chi connectivity index (χ4v) is 6.46. The molecule has 0 spiro atoms. The number of fused-ring (bicyclic) bond motifs is 2. The number of benzene rings is 4. The van der Waals surface area contributed by atoms with Crippen molar-refractivity contribution in [1.29, 1.82) is 0 Å². The van der Waals surface area contributed by atoms with Crippen LogP contribution in [0, 0.1) is 0 Å². The van der Waals surface area contributed by atoms with E-state index >= 15 is 0 Å². The predicted octanol–water partition coefficient (Wildman–Crippen LogP) is 6.84. The molecule has 0 saturated carbocycles. The number of hydrogen-bond donors (Lipinski definition) is 1. The maximum atomic E-state index is 7.26. The molecule has 5 rings (SSSR count). The Kier molecular flexibility index (Phi) is 5.21. The van der Waals surface area contributed by atoms with Crippen LogP contribution >= 0.6 is 0 Å². The zero-order chi connectivity index (χ0) is 21.5. The molecule has 1 atom stereocenters. The Balaban J connectivity index is 1.79. The quantitative estimate of drug-likeness (QED) is 0.353. The van der Waals surface area contributed by atoms with Crippen molar-refractivity contribution in [2.24, 2.45) is 0 Å². The first kappa shape index (κ1) is 20.4. The van der Waals surface area contributed by atoms with Gasteiger partial charge < -0.3 is 9.74 Å². The molecule has 2 nitrogen and oxygen atoms in total. The predicted molar refractivity (Wildman–Crippen MR) is 134 cm³/mol. The zero-order valence-electron chi connectivity index (χ0n) is 18.7. The first-order chi connectivity index (χ1) is 15.0. The Labute approximate surface area is 186 Å². The summed E-state index contributed by atoms with van der Waals surface area (Å²) in [6.45, 7) is 7.96. The monoisotopic (exact) mass is 425 g/mol. The first-order valence-corrected chi connectivity index (χ1v) is 14.8. The maximum Gasteiger partial charge on any atom is 0.185 e. The van der Waals surface area contributed by atoms with Crippen molar-refractivity contribution in [2.45, 2.75) is 44.1 Å². The van der Waals surface area contributed by atoms with E-state index in [4.69, 9.17) is 4.43 Å². The van der Waals surface area contributed by atoms with Gasteiger partial charge in [0.05, 0.1) is 0 Å². The van der Waals surface area contributed by atoms with Gasteiger partial charge in [0.25, 0.3) is 0 Å². The van der Waals surface area contributed by atoms with E-state index in [1.54, 1.807) is 0 Å². The van der Waals surface area contributed by atoms with Gasteiger partial charge in [-0.2, -0.15) is 0 Å². The zero-order valence-corrected chi connectivity index (χ0v) is 19.7. The standard InChI is InChI=1S/C28H31NOSi/c1-31(2,3)30-28(27-13-8-18-29-27,25-16-14-21-9-4-6-11-23(21)19-25)26-17-15-22-10-5-7-12-24(22)20-26/h4-7,9-12,14-17,19-20,27,29H,8,13,18H2,1-3H3/t27-/m0/s1. The Morgan fingerprint density at radius 3 is 1.71 bits per heavy atom. The molecular weight excluding hydrogens is 394 g/mol. The molecule has 1 N–H and O–H groups in total. The summed E-state index contributed by atoms with van der Waals surface area (Å²) in [5.41, 5.74) is 2.00. The molecule has 4 aromatic carbocycles. The molecule has 0 radical (unpaired) electrons. The number of nitrogens with one attached hydrogen (secondary N) is 1. The van der Waals surface area contributed by atoms with Crippen molar-refractivity contribution >= 4 is 29.9 Å². The summed E-state index contributed by atoms with van der Waals surface area (Å²) < 4.78 is 7.26. The molecule has 1 aliphatic heterocycles. The molecule has 31 heavy (non-hydrogen) atoms. The molecule has 0 amide bonds. The molecule has 0 aromatic heterocycles. The summed E-state index contributed by atoms with van der Waals surface area (Å²) in [5.74, 6) is 0. The Morgan fingerprint density at radius 2 is 1.26 bits per heavy atom. The molecule has 1 heterocycles. The van der Waals surface area contributed by atoms with Crippen LogP contribution in [-0.4, -0.2) is 20.9 Å². The average molecular weight is 426 g/mol. The molecule has 0 bridgehead atoms. The largest absolute Gasteiger partial charge is 0.403 e. The van der Waals surface area contributed by atoms with Gasteiger partial charge in [-0.25, -0.2) is 0 Å². The minimum atomic E-state index is -1.90. The van der Waals surface area contributed by atoms with Gasteiger partial charge in [0.2, 0.25) is 0 Å². The van der Waals surface area contributed by atoms with Crippen molar-refractivity contribution in [2.75, 3.05) is 6.54 Å². The normalized spacial score (nSPS) is 17.5. The fraction of sp³-hybridized carbons (Fsp3) is 0.286. The summed E-state index contributed by atoms with van der Waals surface area (Å²) in [5, 5.41) is 8.88. The summed E-state index contributed by atoms with van der Waals surface area (Å²) in [6.07, 6.45) is 2.30. The van der Waals surface area contributed by atoms with Gasteiger partial charge in [-0.3, -0.25) is 0 Å². The van der Waals surface area contributed by atoms with Crippen LogP contribution in [0.3, 0.4) is 0 Å². The van der Waals surface area contributed by atoms with Crippen LogP contribution in [0.1, 0.15) is 24.0 Å². The average Bonchev–Trinajstić information content (AvgIpc) is 3.31. The third-order valence-corrected chi connectivity index (χ3v) is 7.31. The van der Waals surface area contributed by atoms with Crippen LogP contribution in [0.15, 0.2) is 84.9 Å². The van der Waals surface area contributed by atoms with Gasteiger partial charge in [-0.05, 0) is 83.8 Å². The number of hydrogen-bond acceptors (Lipinski definition) is 2. The fourth-order valence-electron chi connectivity index (χ4n) is 5.11. The van der Waals surface area contributed by atoms with Crippen molar-refractivity contribution in [3.05, 3.63) is 96.1 Å². The molecule has 1 aliphatic rings. The van der Waals surface area contributed by atoms with E-state index in [1.807, 2.05) is 0 Å². The third kappa shape index (κ3) is 3.82. The topological polar surface area (TPSA) is 21.3 Å². The van der Waals surface area contributed by atoms with E-state index in [1.165, 1.54) is 39.1 Å². The van der Waals surface area contributed by atoms with Crippen LogP contribution in [0.2, 0.25) is 19.6 Å². The van der Waals surface area contributed by atoms with E-state index in [2.05, 4.69) is 110 Å². The first-order valence-electron chi connectivity index (χ1n) is 11.4. The lowest BCUT2D eigenvalue weighted by atomic mass is 9.78. The second kappa shape index (κ2) is 7.90. The molecule has 3 heteroatoms. The smallest absolute Gasteiger partial charge is 0.185 e. The molecule has 0 aliphatic carbocycles. The highest BCUT2D eigenvalue weighted by molar-refractivity contribution is 6.69. The third-order valence-electron chi connectivity index (χ3n) is 6.37. The van der Waals surface area contributed by atoms with Gasteiger partial charge in [0, 0.05) is 6.04 Å². The second-order valence-electron chi connectivity index (χ2n) is 9.72. The minimum absolute atomic E-state index is 0.251. The molecular formula is C28H31NOSi. The van der Waals surface area contributed by atoms with Gasteiger partial charge in [-0.15, -0.1) is 0 Å². The van der Waals surface area contributed by atoms with E-state index in [9.17, 15) is 0 Å². The van der Waals surface area contributed by atoms with Gasteiger partial charge in [0.1, 0.15) is 5.60 Å². The lowest BCUT2D eigenvalue weighted by Gasteiger charge is -2.45. The lowest BCUT2D eigenvalue weighted by Crippen LogP contribution is -2.53. The summed E-state index contributed by atoms with van der Waals surface area (Å²) >= 11 is 0. The second-order valence-corrected chi connectivity index (χ2v) is 14.2. The summed E-state index contributed by atoms with van der Waals surface area (Å²) in [7, 11) is -1.90. The van der Waals surface area contributed by atoms with Crippen molar-refractivity contribution in [1.82, 2.24) is 5.32 Å². The molecule has 1 fully saturated rings. The molecule has 0 unspecified atom stereocenters. The van der Waals surface area contributed by atoms with Crippen LogP contribution in [0.25, 0.3) is 21.5 Å². The van der Waals surface area contributed by atoms with Gasteiger partial charge in [-0.1, -0.05) is 72.8 Å². The number of rotatable bonds is 5. The SMILES string of the molecule is C[Si](C)(C)OC(c1ccc2ccccc2c1)(c1ccc2ccccc2c1)[C@@H]1CCCN1. The van der Waals surface area contributed by atoms with E-state index in [0.717, 1.165) is 13.0 Å². The van der Waals surface area contributed by atoms with Gasteiger partial charge >= 0.3 is 0 Å². The van der Waals surface area contributed by atoms with Crippen LogP contribution in [0.4, 0.5) is 0 Å². The molecule has 4 aromatic rings. The lowest BCUT2D eigenvalue weighted by molar-refractivity contribution is 0.0642. The summed E-state index contributed by atoms with van der Waals surface area (Å²) in [4.78, 5) is 0. The Bertz CT molecular complexity index is 1140. The minimum Gasteiger partial charge on any atom is -0.403 e. The Hall–Kier alpha value is -2.46. The van der Waals surface area contributed by atoms with Crippen LogP contribution < -0.4 is 5.32 Å². The highest BCUT2D eigenvalue weighted by Gasteiger charge is 2.47. The van der Waals surface area contributed by atoms with Crippen molar-refractivity contribution < 1.29 is 4.43 Å². The molecule has 158 valence electrons. The van der Waals surface area contributed by atoms with E-state index < -0.39 is 13.9 Å². The van der Waals surface area contributed by atoms with Gasteiger partial charge in [0.15, 0.2) is 8.32 Å².